The Morgan fingerprint density at radius 1 is 1.58 bits per heavy atom. The second-order valence-electron chi connectivity index (χ2n) is 5.33. The number of nitrogens with zero attached hydrogens (tertiary/aromatic N) is 1. The lowest BCUT2D eigenvalue weighted by Gasteiger charge is -2.36. The van der Waals surface area contributed by atoms with Crippen LogP contribution in [0.1, 0.15) is 53.7 Å². The van der Waals surface area contributed by atoms with E-state index in [4.69, 9.17) is 4.74 Å². The van der Waals surface area contributed by atoms with Gasteiger partial charge in [0.25, 0.3) is 5.91 Å². The summed E-state index contributed by atoms with van der Waals surface area (Å²) in [7, 11) is 0. The zero-order chi connectivity index (χ0) is 13.3. The van der Waals surface area contributed by atoms with Crippen LogP contribution in [0.15, 0.2) is 5.38 Å². The molecule has 1 aromatic heterocycles. The number of carbonyl (C=O) groups excluding carboxylic acids is 1. The van der Waals surface area contributed by atoms with Crippen LogP contribution in [0.4, 0.5) is 0 Å². The molecule has 1 saturated heterocycles. The Labute approximate surface area is 116 Å². The summed E-state index contributed by atoms with van der Waals surface area (Å²) < 4.78 is 5.55. The van der Waals surface area contributed by atoms with E-state index in [9.17, 15) is 9.90 Å². The summed E-state index contributed by atoms with van der Waals surface area (Å²) in [4.78, 5) is 16.3. The molecule has 0 radical (unpaired) electrons. The molecule has 2 N–H and O–H groups in total. The van der Waals surface area contributed by atoms with Crippen molar-refractivity contribution in [1.82, 2.24) is 10.3 Å². The van der Waals surface area contributed by atoms with Gasteiger partial charge in [-0.15, -0.1) is 11.3 Å². The smallest absolute Gasteiger partial charge is 0.270 e. The minimum Gasteiger partial charge on any atom is -0.388 e. The van der Waals surface area contributed by atoms with Crippen LogP contribution >= 0.6 is 11.3 Å². The van der Waals surface area contributed by atoms with E-state index >= 15 is 0 Å². The number of rotatable bonds is 4. The normalized spacial score (nSPS) is 25.0. The number of thiazole rings is 1. The summed E-state index contributed by atoms with van der Waals surface area (Å²) in [5.41, 5.74) is -0.262. The van der Waals surface area contributed by atoms with Gasteiger partial charge in [0.2, 0.25) is 0 Å². The first-order valence-electron chi connectivity index (χ1n) is 6.74. The highest BCUT2D eigenvalue weighted by Gasteiger charge is 2.34. The molecule has 0 aromatic carbocycles. The SMILES string of the molecule is O=C(NCC1(O)CCC1)c1csc(C2CCCO2)n1. The maximum atomic E-state index is 11.9. The van der Waals surface area contributed by atoms with E-state index in [1.807, 2.05) is 0 Å². The van der Waals surface area contributed by atoms with Crippen LogP contribution in [0.25, 0.3) is 0 Å². The number of hydrogen-bond donors (Lipinski definition) is 2. The predicted molar refractivity (Wildman–Crippen MR) is 71.2 cm³/mol. The fourth-order valence-electron chi connectivity index (χ4n) is 2.41. The molecular weight excluding hydrogens is 264 g/mol. The minimum atomic E-state index is -0.691. The van der Waals surface area contributed by atoms with Gasteiger partial charge < -0.3 is 15.2 Å². The van der Waals surface area contributed by atoms with Crippen LogP contribution in [-0.2, 0) is 4.74 Å². The summed E-state index contributed by atoms with van der Waals surface area (Å²) in [6.45, 7) is 1.09. The molecule has 1 atom stereocenters. The molecule has 104 valence electrons. The van der Waals surface area contributed by atoms with Gasteiger partial charge in [0.15, 0.2) is 0 Å². The average molecular weight is 282 g/mol. The van der Waals surface area contributed by atoms with Crippen molar-refractivity contribution in [3.63, 3.8) is 0 Å². The Morgan fingerprint density at radius 3 is 3.05 bits per heavy atom. The lowest BCUT2D eigenvalue weighted by atomic mass is 9.80. The zero-order valence-electron chi connectivity index (χ0n) is 10.7. The largest absolute Gasteiger partial charge is 0.388 e. The van der Waals surface area contributed by atoms with Crippen molar-refractivity contribution in [1.29, 1.82) is 0 Å². The molecule has 2 fully saturated rings. The first kappa shape index (κ1) is 13.0. The van der Waals surface area contributed by atoms with Crippen molar-refractivity contribution in [2.45, 2.75) is 43.8 Å². The van der Waals surface area contributed by atoms with Gasteiger partial charge in [-0.2, -0.15) is 0 Å². The van der Waals surface area contributed by atoms with Gasteiger partial charge >= 0.3 is 0 Å². The van der Waals surface area contributed by atoms with Crippen LogP contribution in [0.2, 0.25) is 0 Å². The van der Waals surface area contributed by atoms with E-state index in [1.54, 1.807) is 5.38 Å². The summed E-state index contributed by atoms with van der Waals surface area (Å²) in [6, 6.07) is 0. The number of amides is 1. The van der Waals surface area contributed by atoms with Gasteiger partial charge in [0.05, 0.1) is 5.60 Å². The molecule has 1 amide bonds. The van der Waals surface area contributed by atoms with Gasteiger partial charge in [-0.25, -0.2) is 4.98 Å². The maximum Gasteiger partial charge on any atom is 0.270 e. The van der Waals surface area contributed by atoms with E-state index in [0.717, 1.165) is 43.7 Å². The molecule has 5 nitrogen and oxygen atoms in total. The molecule has 0 spiro atoms. The standard InChI is InChI=1S/C13H18N2O3S/c16-11(14-8-13(17)4-2-5-13)9-7-19-12(15-9)10-3-1-6-18-10/h7,10,17H,1-6,8H2,(H,14,16). The van der Waals surface area contributed by atoms with Gasteiger partial charge in [0, 0.05) is 18.5 Å². The van der Waals surface area contributed by atoms with E-state index in [-0.39, 0.29) is 12.0 Å². The number of aromatic nitrogens is 1. The molecular formula is C13H18N2O3S. The summed E-state index contributed by atoms with van der Waals surface area (Å²) in [5, 5.41) is 15.3. The van der Waals surface area contributed by atoms with Crippen molar-refractivity contribution in [2.24, 2.45) is 0 Å². The molecule has 0 bridgehead atoms. The maximum absolute atomic E-state index is 11.9. The molecule has 1 aliphatic heterocycles. The second kappa shape index (κ2) is 5.19. The first-order chi connectivity index (χ1) is 9.16. The average Bonchev–Trinajstić information content (AvgIpc) is 3.02. The van der Waals surface area contributed by atoms with Gasteiger partial charge in [-0.1, -0.05) is 0 Å². The van der Waals surface area contributed by atoms with Crippen LogP contribution in [0.5, 0.6) is 0 Å². The van der Waals surface area contributed by atoms with E-state index in [1.165, 1.54) is 11.3 Å². The molecule has 2 aliphatic rings. The highest BCUT2D eigenvalue weighted by Crippen LogP contribution is 2.31. The fraction of sp³-hybridized carbons (Fsp3) is 0.692. The molecule has 2 heterocycles. The summed E-state index contributed by atoms with van der Waals surface area (Å²) >= 11 is 1.47. The number of ether oxygens (including phenoxy) is 1. The Hall–Kier alpha value is -0.980. The minimum absolute atomic E-state index is 0.0577. The molecule has 1 aromatic rings. The number of hydrogen-bond acceptors (Lipinski definition) is 5. The molecule has 19 heavy (non-hydrogen) atoms. The van der Waals surface area contributed by atoms with Gasteiger partial charge in [-0.3, -0.25) is 4.79 Å². The van der Waals surface area contributed by atoms with Crippen LogP contribution in [-0.4, -0.2) is 34.8 Å². The number of carbonyl (C=O) groups is 1. The Balaban J connectivity index is 1.57. The van der Waals surface area contributed by atoms with Crippen LogP contribution in [0, 0.1) is 0 Å². The predicted octanol–water partition coefficient (Wildman–Crippen LogP) is 1.64. The third-order valence-electron chi connectivity index (χ3n) is 3.82. The Bertz CT molecular complexity index is 464. The molecule has 1 aliphatic carbocycles. The van der Waals surface area contributed by atoms with Crippen molar-refractivity contribution < 1.29 is 14.6 Å². The Morgan fingerprint density at radius 2 is 2.42 bits per heavy atom. The third-order valence-corrected chi connectivity index (χ3v) is 4.76. The van der Waals surface area contributed by atoms with E-state index in [2.05, 4.69) is 10.3 Å². The van der Waals surface area contributed by atoms with Crippen molar-refractivity contribution >= 4 is 17.2 Å². The van der Waals surface area contributed by atoms with Gasteiger partial charge in [-0.05, 0) is 32.1 Å². The van der Waals surface area contributed by atoms with Crippen LogP contribution in [0.3, 0.4) is 0 Å². The van der Waals surface area contributed by atoms with Gasteiger partial charge in [0.1, 0.15) is 16.8 Å². The molecule has 1 saturated carbocycles. The lowest BCUT2D eigenvalue weighted by Crippen LogP contribution is -2.47. The van der Waals surface area contributed by atoms with E-state index in [0.29, 0.717) is 12.2 Å². The molecule has 1 unspecified atom stereocenters. The van der Waals surface area contributed by atoms with Crippen molar-refractivity contribution in [2.75, 3.05) is 13.2 Å². The fourth-order valence-corrected chi connectivity index (χ4v) is 3.29. The summed E-state index contributed by atoms with van der Waals surface area (Å²) in [6.07, 6.45) is 4.67. The highest BCUT2D eigenvalue weighted by atomic mass is 32.1. The first-order valence-corrected chi connectivity index (χ1v) is 7.62. The highest BCUT2D eigenvalue weighted by molar-refractivity contribution is 7.09. The third kappa shape index (κ3) is 2.80. The van der Waals surface area contributed by atoms with Crippen LogP contribution < -0.4 is 5.32 Å². The van der Waals surface area contributed by atoms with Crippen molar-refractivity contribution in [3.05, 3.63) is 16.1 Å². The van der Waals surface area contributed by atoms with Crippen molar-refractivity contribution in [3.8, 4) is 0 Å². The van der Waals surface area contributed by atoms with E-state index < -0.39 is 5.60 Å². The molecule has 6 heteroatoms. The molecule has 3 rings (SSSR count). The monoisotopic (exact) mass is 282 g/mol. The quantitative estimate of drug-likeness (QED) is 0.880. The summed E-state index contributed by atoms with van der Waals surface area (Å²) in [5.74, 6) is -0.208. The lowest BCUT2D eigenvalue weighted by molar-refractivity contribution is -0.0300. The second-order valence-corrected chi connectivity index (χ2v) is 6.22. The number of nitrogens with one attached hydrogen (secondary N) is 1. The Kier molecular flexibility index (Phi) is 3.56. The zero-order valence-corrected chi connectivity index (χ0v) is 11.5. The number of aliphatic hydroxyl groups is 1. The topological polar surface area (TPSA) is 71.5 Å².